The Balaban J connectivity index is 2.12. The summed E-state index contributed by atoms with van der Waals surface area (Å²) in [5.74, 6) is -0.204. The van der Waals surface area contributed by atoms with E-state index in [1.54, 1.807) is 30.6 Å². The van der Waals surface area contributed by atoms with Crippen LogP contribution in [0.5, 0.6) is 0 Å². The van der Waals surface area contributed by atoms with Crippen LogP contribution in [0.1, 0.15) is 10.6 Å². The standard InChI is InChI=1S/C10H8N4O/c15-10(9-12-5-2-6-13-9)14-8-3-1-4-11-7-8/h1-7H,(H,14,15). The molecule has 0 bridgehead atoms. The summed E-state index contributed by atoms with van der Waals surface area (Å²) in [4.78, 5) is 23.1. The van der Waals surface area contributed by atoms with Crippen LogP contribution in [0.2, 0.25) is 0 Å². The normalized spacial score (nSPS) is 9.60. The molecule has 2 aromatic rings. The Hall–Kier alpha value is -2.30. The van der Waals surface area contributed by atoms with Crippen LogP contribution < -0.4 is 5.32 Å². The zero-order chi connectivity index (χ0) is 10.5. The van der Waals surface area contributed by atoms with Crippen molar-refractivity contribution in [2.45, 2.75) is 0 Å². The lowest BCUT2D eigenvalue weighted by molar-refractivity contribution is 0.101. The Morgan fingerprint density at radius 1 is 1.13 bits per heavy atom. The maximum absolute atomic E-state index is 11.6. The molecule has 0 unspecified atom stereocenters. The van der Waals surface area contributed by atoms with Crippen LogP contribution in [0.25, 0.3) is 0 Å². The van der Waals surface area contributed by atoms with Gasteiger partial charge in [0.25, 0.3) is 5.91 Å². The molecule has 0 radical (unpaired) electrons. The Labute approximate surface area is 86.2 Å². The van der Waals surface area contributed by atoms with Crippen molar-refractivity contribution >= 4 is 11.6 Å². The van der Waals surface area contributed by atoms with E-state index >= 15 is 0 Å². The number of hydrogen-bond acceptors (Lipinski definition) is 4. The number of rotatable bonds is 2. The third-order valence-electron chi connectivity index (χ3n) is 1.69. The number of carbonyl (C=O) groups excluding carboxylic acids is 1. The van der Waals surface area contributed by atoms with Crippen molar-refractivity contribution in [3.8, 4) is 0 Å². The van der Waals surface area contributed by atoms with Crippen molar-refractivity contribution in [3.05, 3.63) is 48.8 Å². The zero-order valence-corrected chi connectivity index (χ0v) is 7.79. The van der Waals surface area contributed by atoms with Gasteiger partial charge in [-0.05, 0) is 18.2 Å². The minimum atomic E-state index is -0.344. The first kappa shape index (κ1) is 9.26. The monoisotopic (exact) mass is 200 g/mol. The summed E-state index contributed by atoms with van der Waals surface area (Å²) in [6.45, 7) is 0. The molecule has 0 aliphatic heterocycles. The highest BCUT2D eigenvalue weighted by Crippen LogP contribution is 2.03. The molecule has 0 aliphatic carbocycles. The third kappa shape index (κ3) is 2.34. The van der Waals surface area contributed by atoms with Crippen LogP contribution in [-0.2, 0) is 0 Å². The first-order valence-electron chi connectivity index (χ1n) is 4.34. The predicted molar refractivity (Wildman–Crippen MR) is 54.2 cm³/mol. The molecule has 2 rings (SSSR count). The third-order valence-corrected chi connectivity index (χ3v) is 1.69. The fraction of sp³-hybridized carbons (Fsp3) is 0. The summed E-state index contributed by atoms with van der Waals surface area (Å²) < 4.78 is 0. The second-order valence-electron chi connectivity index (χ2n) is 2.77. The van der Waals surface area contributed by atoms with Crippen LogP contribution in [0.15, 0.2) is 43.0 Å². The van der Waals surface area contributed by atoms with Gasteiger partial charge in [-0.25, -0.2) is 9.97 Å². The predicted octanol–water partition coefficient (Wildman–Crippen LogP) is 1.12. The molecule has 1 N–H and O–H groups in total. The zero-order valence-electron chi connectivity index (χ0n) is 7.79. The largest absolute Gasteiger partial charge is 0.318 e. The minimum absolute atomic E-state index is 0.140. The highest BCUT2D eigenvalue weighted by molar-refractivity contribution is 6.01. The summed E-state index contributed by atoms with van der Waals surface area (Å²) in [7, 11) is 0. The van der Waals surface area contributed by atoms with Crippen LogP contribution in [0.3, 0.4) is 0 Å². The van der Waals surface area contributed by atoms with Crippen LogP contribution >= 0.6 is 0 Å². The highest BCUT2D eigenvalue weighted by atomic mass is 16.2. The summed E-state index contributed by atoms with van der Waals surface area (Å²) in [6.07, 6.45) is 6.23. The van der Waals surface area contributed by atoms with E-state index in [-0.39, 0.29) is 11.7 Å². The molecular formula is C10H8N4O. The van der Waals surface area contributed by atoms with Crippen LogP contribution in [-0.4, -0.2) is 20.9 Å². The number of carbonyl (C=O) groups is 1. The van der Waals surface area contributed by atoms with Crippen LogP contribution in [0.4, 0.5) is 5.69 Å². The van der Waals surface area contributed by atoms with E-state index in [2.05, 4.69) is 20.3 Å². The molecule has 2 aromatic heterocycles. The van der Waals surface area contributed by atoms with Gasteiger partial charge in [-0.3, -0.25) is 9.78 Å². The summed E-state index contributed by atoms with van der Waals surface area (Å²) in [5, 5.41) is 2.63. The van der Waals surface area contributed by atoms with E-state index in [9.17, 15) is 4.79 Å². The summed E-state index contributed by atoms with van der Waals surface area (Å²) in [6, 6.07) is 5.14. The maximum atomic E-state index is 11.6. The lowest BCUT2D eigenvalue weighted by atomic mass is 10.4. The molecule has 1 amide bonds. The van der Waals surface area contributed by atoms with Gasteiger partial charge in [-0.1, -0.05) is 0 Å². The maximum Gasteiger partial charge on any atom is 0.293 e. The number of aromatic nitrogens is 3. The molecule has 0 saturated heterocycles. The fourth-order valence-electron chi connectivity index (χ4n) is 1.04. The average Bonchev–Trinajstić information content (AvgIpc) is 2.31. The molecule has 0 aromatic carbocycles. The van der Waals surface area contributed by atoms with Crippen molar-refractivity contribution in [3.63, 3.8) is 0 Å². The van der Waals surface area contributed by atoms with Gasteiger partial charge in [0, 0.05) is 18.6 Å². The second kappa shape index (κ2) is 4.28. The molecule has 15 heavy (non-hydrogen) atoms. The molecule has 0 spiro atoms. The molecule has 74 valence electrons. The SMILES string of the molecule is O=C(Nc1cccnc1)c1ncccn1. The number of anilines is 1. The van der Waals surface area contributed by atoms with Gasteiger partial charge < -0.3 is 5.32 Å². The molecule has 5 nitrogen and oxygen atoms in total. The molecule has 0 saturated carbocycles. The van der Waals surface area contributed by atoms with Gasteiger partial charge >= 0.3 is 0 Å². The van der Waals surface area contributed by atoms with E-state index < -0.39 is 0 Å². The summed E-state index contributed by atoms with van der Waals surface area (Å²) >= 11 is 0. The quantitative estimate of drug-likeness (QED) is 0.788. The molecule has 2 heterocycles. The van der Waals surface area contributed by atoms with Gasteiger partial charge in [0.15, 0.2) is 0 Å². The van der Waals surface area contributed by atoms with Crippen molar-refractivity contribution in [1.82, 2.24) is 15.0 Å². The summed E-state index contributed by atoms with van der Waals surface area (Å²) in [5.41, 5.74) is 0.620. The fourth-order valence-corrected chi connectivity index (χ4v) is 1.04. The van der Waals surface area contributed by atoms with Gasteiger partial charge in [0.1, 0.15) is 0 Å². The lowest BCUT2D eigenvalue weighted by Crippen LogP contribution is -2.15. The number of nitrogens with zero attached hydrogens (tertiary/aromatic N) is 3. The number of pyridine rings is 1. The van der Waals surface area contributed by atoms with Crippen LogP contribution in [0, 0.1) is 0 Å². The van der Waals surface area contributed by atoms with Gasteiger partial charge in [-0.15, -0.1) is 0 Å². The van der Waals surface area contributed by atoms with Crippen molar-refractivity contribution < 1.29 is 4.79 Å². The minimum Gasteiger partial charge on any atom is -0.318 e. The van der Waals surface area contributed by atoms with Crippen molar-refractivity contribution in [2.75, 3.05) is 5.32 Å². The Morgan fingerprint density at radius 2 is 1.93 bits per heavy atom. The highest BCUT2D eigenvalue weighted by Gasteiger charge is 2.07. The molecule has 5 heteroatoms. The van der Waals surface area contributed by atoms with Crippen molar-refractivity contribution in [1.29, 1.82) is 0 Å². The topological polar surface area (TPSA) is 67.8 Å². The average molecular weight is 200 g/mol. The molecule has 0 fully saturated rings. The Kier molecular flexibility index (Phi) is 2.64. The first-order chi connectivity index (χ1) is 7.36. The lowest BCUT2D eigenvalue weighted by Gasteiger charge is -2.01. The Morgan fingerprint density at radius 3 is 2.60 bits per heavy atom. The van der Waals surface area contributed by atoms with E-state index in [1.807, 2.05) is 0 Å². The second-order valence-corrected chi connectivity index (χ2v) is 2.77. The van der Waals surface area contributed by atoms with E-state index in [0.717, 1.165) is 0 Å². The van der Waals surface area contributed by atoms with E-state index in [0.29, 0.717) is 5.69 Å². The molecular weight excluding hydrogens is 192 g/mol. The van der Waals surface area contributed by atoms with Gasteiger partial charge in [0.05, 0.1) is 11.9 Å². The Bertz CT molecular complexity index is 443. The van der Waals surface area contributed by atoms with Crippen molar-refractivity contribution in [2.24, 2.45) is 0 Å². The smallest absolute Gasteiger partial charge is 0.293 e. The molecule has 0 atom stereocenters. The van der Waals surface area contributed by atoms with Gasteiger partial charge in [0.2, 0.25) is 5.82 Å². The first-order valence-corrected chi connectivity index (χ1v) is 4.34. The van der Waals surface area contributed by atoms with E-state index in [1.165, 1.54) is 12.4 Å². The molecule has 0 aliphatic rings. The number of nitrogens with one attached hydrogen (secondary N) is 1. The van der Waals surface area contributed by atoms with Gasteiger partial charge in [-0.2, -0.15) is 0 Å². The van der Waals surface area contributed by atoms with E-state index in [4.69, 9.17) is 0 Å². The number of hydrogen-bond donors (Lipinski definition) is 1. The number of amides is 1.